The second-order valence-corrected chi connectivity index (χ2v) is 7.70. The summed E-state index contributed by atoms with van der Waals surface area (Å²) in [7, 11) is 1.72. The van der Waals surface area contributed by atoms with Gasteiger partial charge < -0.3 is 24.2 Å². The van der Waals surface area contributed by atoms with Gasteiger partial charge in [-0.2, -0.15) is 0 Å². The summed E-state index contributed by atoms with van der Waals surface area (Å²) in [5.41, 5.74) is 2.42. The number of likely N-dealkylation sites (tertiary alicyclic amines) is 1. The zero-order valence-corrected chi connectivity index (χ0v) is 17.6. The van der Waals surface area contributed by atoms with Crippen LogP contribution in [0.3, 0.4) is 0 Å². The first kappa shape index (κ1) is 21.3. The lowest BCUT2D eigenvalue weighted by molar-refractivity contribution is 0.0904. The number of aryl methyl sites for hydroxylation is 2. The highest BCUT2D eigenvalue weighted by Gasteiger charge is 2.21. The minimum absolute atomic E-state index is 0.207. The molecule has 2 heterocycles. The van der Waals surface area contributed by atoms with Gasteiger partial charge in [0.15, 0.2) is 11.5 Å². The number of nitrogens with zero attached hydrogens (tertiary/aromatic N) is 2. The lowest BCUT2D eigenvalue weighted by atomic mass is 9.98. The van der Waals surface area contributed by atoms with Gasteiger partial charge in [-0.15, -0.1) is 0 Å². The van der Waals surface area contributed by atoms with E-state index in [9.17, 15) is 4.79 Å². The fourth-order valence-electron chi connectivity index (χ4n) is 3.73. The average molecular weight is 402 g/mol. The molecule has 1 aromatic heterocycles. The summed E-state index contributed by atoms with van der Waals surface area (Å²) < 4.78 is 16.3. The number of amides is 1. The summed E-state index contributed by atoms with van der Waals surface area (Å²) in [6.07, 6.45) is 2.27. The zero-order chi connectivity index (χ0) is 20.6. The van der Waals surface area contributed by atoms with Crippen LogP contribution >= 0.6 is 0 Å². The van der Waals surface area contributed by atoms with Crippen molar-refractivity contribution >= 4 is 5.91 Å². The standard InChI is InChI=1S/C22H31N3O4/c1-16-6-4-7-17(2)21(16)28-15-19-12-20(24-29-19)22(26)23-13-18-8-5-9-25(14-18)10-11-27-3/h4,6-7,12,18H,5,8-11,13-15H2,1-3H3,(H,23,26). The largest absolute Gasteiger partial charge is 0.485 e. The predicted octanol–water partition coefficient (Wildman–Crippen LogP) is 2.96. The highest BCUT2D eigenvalue weighted by molar-refractivity contribution is 5.92. The van der Waals surface area contributed by atoms with Gasteiger partial charge in [-0.3, -0.25) is 4.79 Å². The number of ether oxygens (including phenoxy) is 2. The minimum atomic E-state index is -0.207. The number of hydrogen-bond donors (Lipinski definition) is 1. The SMILES string of the molecule is COCCN1CCCC(CNC(=O)c2cc(COc3c(C)cccc3C)on2)C1. The molecule has 1 fully saturated rings. The van der Waals surface area contributed by atoms with E-state index in [-0.39, 0.29) is 18.2 Å². The Bertz CT molecular complexity index is 785. The quantitative estimate of drug-likeness (QED) is 0.696. The summed E-state index contributed by atoms with van der Waals surface area (Å²) >= 11 is 0. The highest BCUT2D eigenvalue weighted by atomic mass is 16.5. The summed E-state index contributed by atoms with van der Waals surface area (Å²) in [5.74, 6) is 1.61. The molecule has 2 aromatic rings. The van der Waals surface area contributed by atoms with E-state index in [4.69, 9.17) is 14.0 Å². The van der Waals surface area contributed by atoms with Crippen molar-refractivity contribution in [3.63, 3.8) is 0 Å². The maximum absolute atomic E-state index is 12.4. The number of rotatable bonds is 9. The zero-order valence-electron chi connectivity index (χ0n) is 17.6. The number of hydrogen-bond acceptors (Lipinski definition) is 6. The molecule has 7 heteroatoms. The van der Waals surface area contributed by atoms with Crippen molar-refractivity contribution in [3.8, 4) is 5.75 Å². The van der Waals surface area contributed by atoms with Gasteiger partial charge in [-0.05, 0) is 50.3 Å². The molecule has 1 aliphatic rings. The Labute approximate surface area is 172 Å². The van der Waals surface area contributed by atoms with Crippen molar-refractivity contribution in [2.75, 3.05) is 39.9 Å². The fourth-order valence-corrected chi connectivity index (χ4v) is 3.73. The van der Waals surface area contributed by atoms with Gasteiger partial charge in [0.2, 0.25) is 0 Å². The number of carbonyl (C=O) groups excluding carboxylic acids is 1. The molecule has 0 bridgehead atoms. The second-order valence-electron chi connectivity index (χ2n) is 7.70. The van der Waals surface area contributed by atoms with Crippen LogP contribution in [0.4, 0.5) is 0 Å². The maximum atomic E-state index is 12.4. The molecule has 1 amide bonds. The van der Waals surface area contributed by atoms with Crippen molar-refractivity contribution in [1.29, 1.82) is 0 Å². The Kier molecular flexibility index (Phi) is 7.66. The number of piperidine rings is 1. The molecule has 0 saturated carbocycles. The van der Waals surface area contributed by atoms with Crippen LogP contribution in [0, 0.1) is 19.8 Å². The van der Waals surface area contributed by atoms with E-state index in [1.807, 2.05) is 32.0 Å². The molecular weight excluding hydrogens is 370 g/mol. The fraction of sp³-hybridized carbons (Fsp3) is 0.545. The van der Waals surface area contributed by atoms with Gasteiger partial charge in [0.25, 0.3) is 5.91 Å². The molecule has 0 spiro atoms. The molecule has 0 radical (unpaired) electrons. The van der Waals surface area contributed by atoms with Gasteiger partial charge in [0, 0.05) is 32.8 Å². The van der Waals surface area contributed by atoms with Gasteiger partial charge in [-0.25, -0.2) is 0 Å². The van der Waals surface area contributed by atoms with Crippen LogP contribution < -0.4 is 10.1 Å². The van der Waals surface area contributed by atoms with E-state index >= 15 is 0 Å². The Morgan fingerprint density at radius 2 is 2.14 bits per heavy atom. The molecule has 1 aliphatic heterocycles. The normalized spacial score (nSPS) is 17.3. The Balaban J connectivity index is 1.47. The number of benzene rings is 1. The molecular formula is C22H31N3O4. The Hall–Kier alpha value is -2.38. The summed E-state index contributed by atoms with van der Waals surface area (Å²) in [5, 5.41) is 6.89. The molecule has 1 atom stereocenters. The van der Waals surface area contributed by atoms with Crippen LogP contribution in [-0.4, -0.2) is 55.9 Å². The van der Waals surface area contributed by atoms with Crippen LogP contribution in [-0.2, 0) is 11.3 Å². The van der Waals surface area contributed by atoms with E-state index in [2.05, 4.69) is 15.4 Å². The lowest BCUT2D eigenvalue weighted by Crippen LogP contribution is -2.42. The third kappa shape index (κ3) is 6.05. The van der Waals surface area contributed by atoms with E-state index in [1.54, 1.807) is 13.2 Å². The van der Waals surface area contributed by atoms with Crippen molar-refractivity contribution in [2.24, 2.45) is 5.92 Å². The van der Waals surface area contributed by atoms with Crippen LogP contribution in [0.1, 0.15) is 40.2 Å². The lowest BCUT2D eigenvalue weighted by Gasteiger charge is -2.32. The second kappa shape index (κ2) is 10.4. The molecule has 1 unspecified atom stereocenters. The van der Waals surface area contributed by atoms with Crippen LogP contribution in [0.5, 0.6) is 5.75 Å². The number of para-hydroxylation sites is 1. The van der Waals surface area contributed by atoms with Gasteiger partial charge in [-0.1, -0.05) is 23.4 Å². The summed E-state index contributed by atoms with van der Waals surface area (Å²) in [6.45, 7) is 8.65. The third-order valence-corrected chi connectivity index (χ3v) is 5.33. The van der Waals surface area contributed by atoms with Crippen LogP contribution in [0.25, 0.3) is 0 Å². The van der Waals surface area contributed by atoms with Crippen molar-refractivity contribution in [2.45, 2.75) is 33.3 Å². The van der Waals surface area contributed by atoms with Crippen LogP contribution in [0.2, 0.25) is 0 Å². The molecule has 1 N–H and O–H groups in total. The van der Waals surface area contributed by atoms with Gasteiger partial charge in [0.05, 0.1) is 6.61 Å². The molecule has 1 aromatic carbocycles. The summed E-state index contributed by atoms with van der Waals surface area (Å²) in [4.78, 5) is 14.8. The third-order valence-electron chi connectivity index (χ3n) is 5.33. The number of aromatic nitrogens is 1. The van der Waals surface area contributed by atoms with Crippen LogP contribution in [0.15, 0.2) is 28.8 Å². The molecule has 1 saturated heterocycles. The van der Waals surface area contributed by atoms with E-state index in [0.29, 0.717) is 18.2 Å². The molecule has 3 rings (SSSR count). The molecule has 7 nitrogen and oxygen atoms in total. The Morgan fingerprint density at radius 1 is 1.34 bits per heavy atom. The van der Waals surface area contributed by atoms with Crippen molar-refractivity contribution in [1.82, 2.24) is 15.4 Å². The predicted molar refractivity (Wildman–Crippen MR) is 110 cm³/mol. The maximum Gasteiger partial charge on any atom is 0.273 e. The number of methoxy groups -OCH3 is 1. The highest BCUT2D eigenvalue weighted by Crippen LogP contribution is 2.23. The van der Waals surface area contributed by atoms with E-state index in [0.717, 1.165) is 56.0 Å². The van der Waals surface area contributed by atoms with Crippen molar-refractivity contribution in [3.05, 3.63) is 46.8 Å². The first-order valence-electron chi connectivity index (χ1n) is 10.2. The van der Waals surface area contributed by atoms with E-state index in [1.165, 1.54) is 0 Å². The number of carbonyl (C=O) groups is 1. The summed E-state index contributed by atoms with van der Waals surface area (Å²) in [6, 6.07) is 7.65. The van der Waals surface area contributed by atoms with Crippen molar-refractivity contribution < 1.29 is 18.8 Å². The average Bonchev–Trinajstić information content (AvgIpc) is 3.19. The monoisotopic (exact) mass is 401 g/mol. The first-order chi connectivity index (χ1) is 14.1. The smallest absolute Gasteiger partial charge is 0.273 e. The molecule has 0 aliphatic carbocycles. The van der Waals surface area contributed by atoms with Gasteiger partial charge in [0.1, 0.15) is 12.4 Å². The first-order valence-corrected chi connectivity index (χ1v) is 10.2. The van der Waals surface area contributed by atoms with E-state index < -0.39 is 0 Å². The molecule has 29 heavy (non-hydrogen) atoms. The molecule has 158 valence electrons. The number of nitrogens with one attached hydrogen (secondary N) is 1. The Morgan fingerprint density at radius 3 is 2.90 bits per heavy atom. The van der Waals surface area contributed by atoms with Gasteiger partial charge >= 0.3 is 0 Å². The minimum Gasteiger partial charge on any atom is -0.485 e. The topological polar surface area (TPSA) is 76.8 Å².